The van der Waals surface area contributed by atoms with E-state index in [2.05, 4.69) is 11.0 Å². The Kier molecular flexibility index (Phi) is 4.97. The lowest BCUT2D eigenvalue weighted by Crippen LogP contribution is -2.35. The van der Waals surface area contributed by atoms with E-state index >= 15 is 0 Å². The van der Waals surface area contributed by atoms with Crippen LogP contribution in [0.2, 0.25) is 0 Å². The average molecular weight is 261 g/mol. The Hall–Kier alpha value is -1.35. The third kappa shape index (κ3) is 3.35. The number of methoxy groups -OCH3 is 1. The molecule has 1 saturated heterocycles. The van der Waals surface area contributed by atoms with Crippen molar-refractivity contribution in [2.45, 2.75) is 26.2 Å². The summed E-state index contributed by atoms with van der Waals surface area (Å²) in [5, 5.41) is 0. The van der Waals surface area contributed by atoms with Crippen LogP contribution < -0.4 is 4.90 Å². The van der Waals surface area contributed by atoms with Crippen molar-refractivity contribution in [1.82, 2.24) is 0 Å². The van der Waals surface area contributed by atoms with Gasteiger partial charge in [0, 0.05) is 44.5 Å². The van der Waals surface area contributed by atoms with Gasteiger partial charge in [-0.15, -0.1) is 0 Å². The molecule has 0 aliphatic carbocycles. The lowest BCUT2D eigenvalue weighted by Gasteiger charge is -2.34. The highest BCUT2D eigenvalue weighted by molar-refractivity contribution is 6.01. The Morgan fingerprint density at radius 2 is 2.00 bits per heavy atom. The van der Waals surface area contributed by atoms with E-state index in [0.717, 1.165) is 43.8 Å². The summed E-state index contributed by atoms with van der Waals surface area (Å²) < 4.78 is 5.23. The fraction of sp³-hybridized carbons (Fsp3) is 0.562. The molecule has 1 fully saturated rings. The van der Waals surface area contributed by atoms with Gasteiger partial charge in [0.2, 0.25) is 0 Å². The van der Waals surface area contributed by atoms with Crippen molar-refractivity contribution < 1.29 is 9.53 Å². The van der Waals surface area contributed by atoms with Crippen LogP contribution in [-0.2, 0) is 4.74 Å². The van der Waals surface area contributed by atoms with Crippen molar-refractivity contribution in [3.63, 3.8) is 0 Å². The molecule has 0 radical (unpaired) electrons. The fourth-order valence-corrected chi connectivity index (χ4v) is 2.75. The number of hydrogen-bond donors (Lipinski definition) is 0. The van der Waals surface area contributed by atoms with Gasteiger partial charge in [0.05, 0.1) is 0 Å². The molecule has 3 heteroatoms. The summed E-state index contributed by atoms with van der Waals surface area (Å²) in [6.07, 6.45) is 2.85. The van der Waals surface area contributed by atoms with Gasteiger partial charge < -0.3 is 9.64 Å². The molecule has 0 N–H and O–H groups in total. The summed E-state index contributed by atoms with van der Waals surface area (Å²) in [4.78, 5) is 14.3. The van der Waals surface area contributed by atoms with Crippen LogP contribution in [0.4, 0.5) is 5.69 Å². The number of piperidine rings is 1. The number of carbonyl (C=O) groups is 1. The summed E-state index contributed by atoms with van der Waals surface area (Å²) in [5.74, 6) is 0.893. The Labute approximate surface area is 115 Å². The zero-order chi connectivity index (χ0) is 13.7. The lowest BCUT2D eigenvalue weighted by molar-refractivity contribution is 0.0988. The molecule has 0 saturated carbocycles. The second-order valence-corrected chi connectivity index (χ2v) is 5.18. The third-order valence-corrected chi connectivity index (χ3v) is 3.88. The third-order valence-electron chi connectivity index (χ3n) is 3.88. The smallest absolute Gasteiger partial charge is 0.164 e. The van der Waals surface area contributed by atoms with Gasteiger partial charge in [0.25, 0.3) is 0 Å². The largest absolute Gasteiger partial charge is 0.384 e. The Balaban J connectivity index is 2.09. The van der Waals surface area contributed by atoms with Gasteiger partial charge in [0.1, 0.15) is 0 Å². The van der Waals surface area contributed by atoms with Crippen LogP contribution >= 0.6 is 0 Å². The molecule has 0 atom stereocenters. The second-order valence-electron chi connectivity index (χ2n) is 5.18. The van der Waals surface area contributed by atoms with E-state index in [4.69, 9.17) is 4.74 Å². The number of Topliss-reactive ketones (excluding diaryl/α,β-unsaturated/α-hetero) is 1. The van der Waals surface area contributed by atoms with Crippen LogP contribution in [0.3, 0.4) is 0 Å². The fourth-order valence-electron chi connectivity index (χ4n) is 2.75. The average Bonchev–Trinajstić information content (AvgIpc) is 2.47. The minimum Gasteiger partial charge on any atom is -0.384 e. The van der Waals surface area contributed by atoms with Crippen LogP contribution in [0.15, 0.2) is 24.3 Å². The summed E-state index contributed by atoms with van der Waals surface area (Å²) >= 11 is 0. The Bertz CT molecular complexity index is 423. The molecule has 19 heavy (non-hydrogen) atoms. The maximum Gasteiger partial charge on any atom is 0.164 e. The van der Waals surface area contributed by atoms with Crippen molar-refractivity contribution in [3.05, 3.63) is 29.8 Å². The number of anilines is 1. The number of nitrogens with zero attached hydrogens (tertiary/aromatic N) is 1. The maximum atomic E-state index is 12.0. The van der Waals surface area contributed by atoms with E-state index in [-0.39, 0.29) is 5.78 Å². The molecular formula is C16H23NO2. The van der Waals surface area contributed by atoms with Crippen molar-refractivity contribution in [3.8, 4) is 0 Å². The van der Waals surface area contributed by atoms with E-state index in [0.29, 0.717) is 12.3 Å². The molecule has 0 unspecified atom stereocenters. The first-order valence-electron chi connectivity index (χ1n) is 7.12. The molecule has 1 aliphatic heterocycles. The van der Waals surface area contributed by atoms with Crippen LogP contribution in [0.1, 0.15) is 36.5 Å². The summed E-state index contributed by atoms with van der Waals surface area (Å²) in [5.41, 5.74) is 1.97. The molecule has 0 spiro atoms. The SMILES string of the molecule is CCC(=O)c1ccccc1N1CCC(COC)CC1. The van der Waals surface area contributed by atoms with E-state index in [1.54, 1.807) is 7.11 Å². The number of benzene rings is 1. The molecule has 0 amide bonds. The maximum absolute atomic E-state index is 12.0. The number of para-hydroxylation sites is 1. The lowest BCUT2D eigenvalue weighted by atomic mass is 9.96. The summed E-state index contributed by atoms with van der Waals surface area (Å²) in [7, 11) is 1.77. The first-order chi connectivity index (χ1) is 9.26. The van der Waals surface area contributed by atoms with Crippen molar-refractivity contribution in [2.75, 3.05) is 31.7 Å². The summed E-state index contributed by atoms with van der Waals surface area (Å²) in [6.45, 7) is 4.80. The van der Waals surface area contributed by atoms with Gasteiger partial charge in [-0.2, -0.15) is 0 Å². The number of ketones is 1. The van der Waals surface area contributed by atoms with E-state index in [9.17, 15) is 4.79 Å². The first-order valence-corrected chi connectivity index (χ1v) is 7.12. The van der Waals surface area contributed by atoms with Crippen LogP contribution in [0.5, 0.6) is 0 Å². The molecule has 0 aromatic heterocycles. The van der Waals surface area contributed by atoms with Gasteiger partial charge in [-0.25, -0.2) is 0 Å². The molecule has 1 aromatic rings. The van der Waals surface area contributed by atoms with Crippen LogP contribution in [-0.4, -0.2) is 32.6 Å². The molecule has 1 heterocycles. The van der Waals surface area contributed by atoms with E-state index < -0.39 is 0 Å². The zero-order valence-corrected chi connectivity index (χ0v) is 11.9. The molecule has 2 rings (SSSR count). The van der Waals surface area contributed by atoms with Crippen molar-refractivity contribution in [1.29, 1.82) is 0 Å². The quantitative estimate of drug-likeness (QED) is 0.763. The number of ether oxygens (including phenoxy) is 1. The minimum absolute atomic E-state index is 0.231. The highest BCUT2D eigenvalue weighted by Crippen LogP contribution is 2.27. The molecule has 0 bridgehead atoms. The van der Waals surface area contributed by atoms with Crippen molar-refractivity contribution >= 4 is 11.5 Å². The van der Waals surface area contributed by atoms with Gasteiger partial charge >= 0.3 is 0 Å². The van der Waals surface area contributed by atoms with Gasteiger partial charge in [0.15, 0.2) is 5.78 Å². The van der Waals surface area contributed by atoms with Crippen LogP contribution in [0, 0.1) is 5.92 Å². The number of rotatable bonds is 5. The highest BCUT2D eigenvalue weighted by atomic mass is 16.5. The van der Waals surface area contributed by atoms with Crippen molar-refractivity contribution in [2.24, 2.45) is 5.92 Å². The predicted octanol–water partition coefficient (Wildman–Crippen LogP) is 3.14. The van der Waals surface area contributed by atoms with Gasteiger partial charge in [-0.3, -0.25) is 4.79 Å². The Morgan fingerprint density at radius 3 is 2.63 bits per heavy atom. The monoisotopic (exact) mass is 261 g/mol. The number of carbonyl (C=O) groups excluding carboxylic acids is 1. The first kappa shape index (κ1) is 14.1. The molecular weight excluding hydrogens is 238 g/mol. The molecule has 1 aliphatic rings. The molecule has 1 aromatic carbocycles. The van der Waals surface area contributed by atoms with E-state index in [1.807, 2.05) is 25.1 Å². The topological polar surface area (TPSA) is 29.5 Å². The molecule has 104 valence electrons. The zero-order valence-electron chi connectivity index (χ0n) is 11.9. The van der Waals surface area contributed by atoms with E-state index in [1.165, 1.54) is 0 Å². The number of hydrogen-bond acceptors (Lipinski definition) is 3. The summed E-state index contributed by atoms with van der Waals surface area (Å²) in [6, 6.07) is 7.98. The predicted molar refractivity (Wildman–Crippen MR) is 77.9 cm³/mol. The Morgan fingerprint density at radius 1 is 1.32 bits per heavy atom. The second kappa shape index (κ2) is 6.71. The van der Waals surface area contributed by atoms with Crippen LogP contribution in [0.25, 0.3) is 0 Å². The van der Waals surface area contributed by atoms with Gasteiger partial charge in [-0.05, 0) is 30.9 Å². The molecule has 3 nitrogen and oxygen atoms in total. The van der Waals surface area contributed by atoms with Gasteiger partial charge in [-0.1, -0.05) is 19.1 Å². The standard InChI is InChI=1S/C16H23NO2/c1-3-16(18)14-6-4-5-7-15(14)17-10-8-13(9-11-17)12-19-2/h4-7,13H,3,8-12H2,1-2H3. The normalized spacial score (nSPS) is 16.6. The highest BCUT2D eigenvalue weighted by Gasteiger charge is 2.22. The minimum atomic E-state index is 0.231.